The molecule has 0 amide bonds. The Balaban J connectivity index is 2.45. The van der Waals surface area contributed by atoms with Gasteiger partial charge in [0.25, 0.3) is 0 Å². The Kier molecular flexibility index (Phi) is 4.78. The molecular weight excluding hydrogens is 324 g/mol. The lowest BCUT2D eigenvalue weighted by Gasteiger charge is -2.34. The van der Waals surface area contributed by atoms with Crippen LogP contribution in [0.5, 0.6) is 0 Å². The van der Waals surface area contributed by atoms with E-state index in [1.54, 1.807) is 0 Å². The van der Waals surface area contributed by atoms with Gasteiger partial charge in [0, 0.05) is 19.1 Å². The summed E-state index contributed by atoms with van der Waals surface area (Å²) in [6.07, 6.45) is -2.97. The minimum absolute atomic E-state index is 0.0898. The lowest BCUT2D eigenvalue weighted by molar-refractivity contribution is -0.140. The lowest BCUT2D eigenvalue weighted by Crippen LogP contribution is -2.47. The van der Waals surface area contributed by atoms with E-state index in [1.165, 1.54) is 0 Å². The van der Waals surface area contributed by atoms with Crippen LogP contribution in [0.3, 0.4) is 0 Å². The fraction of sp³-hybridized carbons (Fsp3) is 0.538. The minimum Gasteiger partial charge on any atom is -0.329 e. The molecule has 0 bridgehead atoms. The molecule has 1 aromatic rings. The average molecular weight is 340 g/mol. The van der Waals surface area contributed by atoms with Gasteiger partial charge in [0.15, 0.2) is 0 Å². The number of piperidine rings is 1. The summed E-state index contributed by atoms with van der Waals surface area (Å²) < 4.78 is 77.7. The molecule has 1 unspecified atom stereocenters. The predicted molar refractivity (Wildman–Crippen MR) is 72.0 cm³/mol. The maximum absolute atomic E-state index is 13.3. The van der Waals surface area contributed by atoms with Gasteiger partial charge in [0.05, 0.1) is 10.5 Å². The number of nitrogens with zero attached hydrogens (tertiary/aromatic N) is 1. The van der Waals surface area contributed by atoms with Crippen LogP contribution in [-0.2, 0) is 16.2 Å². The number of benzene rings is 1. The van der Waals surface area contributed by atoms with Gasteiger partial charge in [0.2, 0.25) is 10.0 Å². The van der Waals surface area contributed by atoms with Crippen molar-refractivity contribution < 1.29 is 26.0 Å². The molecule has 0 saturated carbocycles. The van der Waals surface area contributed by atoms with Crippen molar-refractivity contribution in [2.24, 2.45) is 5.73 Å². The SMILES string of the molecule is NCC1CCCCN1S(=O)(=O)c1ccc(F)c(C(F)(F)F)c1. The molecule has 2 rings (SSSR count). The zero-order valence-corrected chi connectivity index (χ0v) is 12.4. The molecule has 1 saturated heterocycles. The van der Waals surface area contributed by atoms with Crippen molar-refractivity contribution in [1.29, 1.82) is 0 Å². The van der Waals surface area contributed by atoms with Crippen LogP contribution in [-0.4, -0.2) is 31.9 Å². The van der Waals surface area contributed by atoms with Gasteiger partial charge in [-0.05, 0) is 31.0 Å². The molecule has 0 aliphatic carbocycles. The van der Waals surface area contributed by atoms with Crippen LogP contribution in [0, 0.1) is 5.82 Å². The first-order valence-corrected chi connectivity index (χ1v) is 8.20. The van der Waals surface area contributed by atoms with Crippen LogP contribution in [0.1, 0.15) is 24.8 Å². The normalized spacial score (nSPS) is 21.0. The van der Waals surface area contributed by atoms with Crippen molar-refractivity contribution in [3.63, 3.8) is 0 Å². The average Bonchev–Trinajstić information content (AvgIpc) is 2.46. The fourth-order valence-corrected chi connectivity index (χ4v) is 4.27. The molecule has 1 atom stereocenters. The zero-order chi connectivity index (χ0) is 16.5. The number of alkyl halides is 3. The van der Waals surface area contributed by atoms with Crippen LogP contribution in [0.2, 0.25) is 0 Å². The number of rotatable bonds is 3. The van der Waals surface area contributed by atoms with Crippen LogP contribution in [0.15, 0.2) is 23.1 Å². The highest BCUT2D eigenvalue weighted by Crippen LogP contribution is 2.34. The van der Waals surface area contributed by atoms with E-state index in [-0.39, 0.29) is 13.1 Å². The molecule has 1 aliphatic rings. The third kappa shape index (κ3) is 3.26. The second kappa shape index (κ2) is 6.13. The number of hydrogen-bond donors (Lipinski definition) is 1. The summed E-state index contributed by atoms with van der Waals surface area (Å²) in [5.74, 6) is -1.50. The second-order valence-electron chi connectivity index (χ2n) is 5.14. The first kappa shape index (κ1) is 17.2. The zero-order valence-electron chi connectivity index (χ0n) is 11.6. The first-order valence-electron chi connectivity index (χ1n) is 6.76. The molecule has 1 fully saturated rings. The maximum atomic E-state index is 13.3. The van der Waals surface area contributed by atoms with Crippen LogP contribution in [0.25, 0.3) is 0 Å². The van der Waals surface area contributed by atoms with Crippen molar-refractivity contribution in [2.75, 3.05) is 13.1 Å². The third-order valence-electron chi connectivity index (χ3n) is 3.70. The van der Waals surface area contributed by atoms with Gasteiger partial charge >= 0.3 is 6.18 Å². The van der Waals surface area contributed by atoms with Crippen LogP contribution in [0.4, 0.5) is 17.6 Å². The first-order chi connectivity index (χ1) is 10.2. The Bertz CT molecular complexity index is 646. The van der Waals surface area contributed by atoms with Gasteiger partial charge in [-0.15, -0.1) is 0 Å². The molecule has 2 N–H and O–H groups in total. The molecule has 4 nitrogen and oxygen atoms in total. The maximum Gasteiger partial charge on any atom is 0.419 e. The largest absolute Gasteiger partial charge is 0.419 e. The van der Waals surface area contributed by atoms with E-state index >= 15 is 0 Å². The molecule has 1 aliphatic heterocycles. The molecule has 0 spiro atoms. The Morgan fingerprint density at radius 2 is 1.95 bits per heavy atom. The minimum atomic E-state index is -4.95. The summed E-state index contributed by atoms with van der Waals surface area (Å²) in [6.45, 7) is 0.287. The van der Waals surface area contributed by atoms with Gasteiger partial charge in [-0.25, -0.2) is 12.8 Å². The molecule has 22 heavy (non-hydrogen) atoms. The van der Waals surface area contributed by atoms with E-state index in [2.05, 4.69) is 0 Å². The van der Waals surface area contributed by atoms with E-state index in [4.69, 9.17) is 5.73 Å². The summed E-state index contributed by atoms with van der Waals surface area (Å²) in [5.41, 5.74) is 3.96. The number of sulfonamides is 1. The summed E-state index contributed by atoms with van der Waals surface area (Å²) >= 11 is 0. The van der Waals surface area contributed by atoms with Gasteiger partial charge in [-0.3, -0.25) is 0 Å². The van der Waals surface area contributed by atoms with Crippen LogP contribution < -0.4 is 5.73 Å². The highest BCUT2D eigenvalue weighted by molar-refractivity contribution is 7.89. The summed E-state index contributed by atoms with van der Waals surface area (Å²) in [4.78, 5) is -0.568. The summed E-state index contributed by atoms with van der Waals surface area (Å²) in [6, 6.07) is 1.27. The molecule has 1 heterocycles. The van der Waals surface area contributed by atoms with E-state index in [1.807, 2.05) is 0 Å². The lowest BCUT2D eigenvalue weighted by atomic mass is 10.1. The summed E-state index contributed by atoms with van der Waals surface area (Å²) in [7, 11) is -4.14. The van der Waals surface area contributed by atoms with Gasteiger partial charge in [-0.1, -0.05) is 6.42 Å². The quantitative estimate of drug-likeness (QED) is 0.859. The van der Waals surface area contributed by atoms with Crippen molar-refractivity contribution in [3.05, 3.63) is 29.6 Å². The highest BCUT2D eigenvalue weighted by Gasteiger charge is 2.38. The number of halogens is 4. The molecule has 0 aromatic heterocycles. The van der Waals surface area contributed by atoms with E-state index in [0.29, 0.717) is 25.0 Å². The highest BCUT2D eigenvalue weighted by atomic mass is 32.2. The predicted octanol–water partition coefficient (Wildman–Crippen LogP) is 2.35. The molecule has 124 valence electrons. The van der Waals surface area contributed by atoms with Crippen molar-refractivity contribution in [1.82, 2.24) is 4.31 Å². The Morgan fingerprint density at radius 1 is 1.27 bits per heavy atom. The fourth-order valence-electron chi connectivity index (χ4n) is 2.54. The molecule has 0 radical (unpaired) electrons. The Hall–Kier alpha value is -1.19. The standard InChI is InChI=1S/C13H16F4N2O2S/c14-12-5-4-10(7-11(12)13(15,16)17)22(20,21)19-6-2-1-3-9(19)8-18/h4-5,7,9H,1-3,6,8,18H2. The third-order valence-corrected chi connectivity index (χ3v) is 5.64. The van der Waals surface area contributed by atoms with Gasteiger partial charge in [-0.2, -0.15) is 17.5 Å². The number of hydrogen-bond acceptors (Lipinski definition) is 3. The Labute approximate surface area is 126 Å². The molecule has 1 aromatic carbocycles. The topological polar surface area (TPSA) is 63.4 Å². The monoisotopic (exact) mass is 340 g/mol. The summed E-state index contributed by atoms with van der Waals surface area (Å²) in [5, 5.41) is 0. The molecule has 9 heteroatoms. The van der Waals surface area contributed by atoms with Gasteiger partial charge in [0.1, 0.15) is 5.82 Å². The van der Waals surface area contributed by atoms with E-state index in [9.17, 15) is 26.0 Å². The smallest absolute Gasteiger partial charge is 0.329 e. The molecular formula is C13H16F4N2O2S. The van der Waals surface area contributed by atoms with Crippen molar-refractivity contribution in [3.8, 4) is 0 Å². The number of nitrogens with two attached hydrogens (primary N) is 1. The second-order valence-corrected chi connectivity index (χ2v) is 7.03. The van der Waals surface area contributed by atoms with E-state index in [0.717, 1.165) is 16.8 Å². The Morgan fingerprint density at radius 3 is 2.55 bits per heavy atom. The van der Waals surface area contributed by atoms with Gasteiger partial charge < -0.3 is 5.73 Å². The van der Waals surface area contributed by atoms with Crippen molar-refractivity contribution >= 4 is 10.0 Å². The van der Waals surface area contributed by atoms with Crippen molar-refractivity contribution in [2.45, 2.75) is 36.4 Å². The van der Waals surface area contributed by atoms with E-state index < -0.39 is 38.5 Å². The van der Waals surface area contributed by atoms with Crippen LogP contribution >= 0.6 is 0 Å².